The molecule has 4 heteroatoms. The van der Waals surface area contributed by atoms with Gasteiger partial charge in [-0.05, 0) is 23.7 Å². The number of aliphatic hydroxyl groups excluding tert-OH is 1. The minimum Gasteiger partial charge on any atom is -0.387 e. The summed E-state index contributed by atoms with van der Waals surface area (Å²) in [5, 5.41) is 10.4. The van der Waals surface area contributed by atoms with Gasteiger partial charge in [0.1, 0.15) is 0 Å². The van der Waals surface area contributed by atoms with Crippen LogP contribution in [0.3, 0.4) is 0 Å². The molecule has 1 saturated heterocycles. The summed E-state index contributed by atoms with van der Waals surface area (Å²) in [6, 6.07) is 18.6. The van der Waals surface area contributed by atoms with E-state index in [-0.39, 0.29) is 0 Å². The molecule has 4 nitrogen and oxygen atoms in total. The normalized spacial score (nSPS) is 16.9. The first-order valence-corrected chi connectivity index (χ1v) is 9.00. The second-order valence-corrected chi connectivity index (χ2v) is 6.83. The molecule has 1 aliphatic heterocycles. The number of hydrogen-bond acceptors (Lipinski definition) is 4. The molecule has 3 rings (SSSR count). The van der Waals surface area contributed by atoms with Crippen LogP contribution in [0.15, 0.2) is 54.6 Å². The summed E-state index contributed by atoms with van der Waals surface area (Å²) in [6.45, 7) is 6.12. The molecule has 1 aliphatic rings. The minimum atomic E-state index is -0.456. The van der Waals surface area contributed by atoms with E-state index in [1.54, 1.807) is 0 Å². The zero-order chi connectivity index (χ0) is 17.5. The van der Waals surface area contributed by atoms with Crippen LogP contribution >= 0.6 is 0 Å². The van der Waals surface area contributed by atoms with E-state index in [9.17, 15) is 5.11 Å². The fourth-order valence-electron chi connectivity index (χ4n) is 3.30. The summed E-state index contributed by atoms with van der Waals surface area (Å²) in [5.74, 6) is 0. The van der Waals surface area contributed by atoms with Crippen molar-refractivity contribution >= 4 is 0 Å². The molecule has 0 spiro atoms. The smallest absolute Gasteiger partial charge is 0.0916 e. The van der Waals surface area contributed by atoms with Gasteiger partial charge in [0, 0.05) is 32.7 Å². The van der Waals surface area contributed by atoms with Crippen molar-refractivity contribution in [1.82, 2.24) is 9.80 Å². The van der Waals surface area contributed by atoms with E-state index >= 15 is 0 Å². The Labute approximate surface area is 150 Å². The molecule has 0 bridgehead atoms. The van der Waals surface area contributed by atoms with E-state index < -0.39 is 6.10 Å². The van der Waals surface area contributed by atoms with Crippen LogP contribution in [-0.4, -0.2) is 54.8 Å². The zero-order valence-corrected chi connectivity index (χ0v) is 15.0. The third-order valence-electron chi connectivity index (χ3n) is 4.62. The molecular weight excluding hydrogens is 312 g/mol. The number of morpholine rings is 1. The lowest BCUT2D eigenvalue weighted by atomic mass is 10.1. The van der Waals surface area contributed by atoms with E-state index in [1.165, 1.54) is 11.1 Å². The maximum absolute atomic E-state index is 10.4. The lowest BCUT2D eigenvalue weighted by Gasteiger charge is -2.27. The topological polar surface area (TPSA) is 35.9 Å². The van der Waals surface area contributed by atoms with Gasteiger partial charge < -0.3 is 9.84 Å². The van der Waals surface area contributed by atoms with Gasteiger partial charge in [-0.1, -0.05) is 54.6 Å². The first-order chi connectivity index (χ1) is 12.2. The van der Waals surface area contributed by atoms with Crippen molar-refractivity contribution in [1.29, 1.82) is 0 Å². The molecule has 2 aromatic rings. The predicted molar refractivity (Wildman–Crippen MR) is 100 cm³/mol. The quantitative estimate of drug-likeness (QED) is 0.841. The van der Waals surface area contributed by atoms with Gasteiger partial charge in [0.25, 0.3) is 0 Å². The van der Waals surface area contributed by atoms with Gasteiger partial charge in [-0.15, -0.1) is 0 Å². The van der Waals surface area contributed by atoms with E-state index in [0.29, 0.717) is 6.54 Å². The number of rotatable bonds is 7. The van der Waals surface area contributed by atoms with Crippen molar-refractivity contribution < 1.29 is 9.84 Å². The summed E-state index contributed by atoms with van der Waals surface area (Å²) >= 11 is 0. The van der Waals surface area contributed by atoms with Gasteiger partial charge in [-0.3, -0.25) is 9.80 Å². The standard InChI is InChI=1S/C21H28N2O2/c1-22(17-21(24)20-8-3-2-4-9-20)15-18-6-5-7-19(14-18)16-23-10-12-25-13-11-23/h2-9,14,21,24H,10-13,15-17H2,1H3/t21-/m0/s1. The lowest BCUT2D eigenvalue weighted by Crippen LogP contribution is -2.35. The maximum Gasteiger partial charge on any atom is 0.0916 e. The second kappa shape index (κ2) is 9.11. The van der Waals surface area contributed by atoms with Crippen molar-refractivity contribution in [3.8, 4) is 0 Å². The molecule has 1 fully saturated rings. The molecule has 1 atom stereocenters. The van der Waals surface area contributed by atoms with Gasteiger partial charge in [0.15, 0.2) is 0 Å². The number of likely N-dealkylation sites (N-methyl/N-ethyl adjacent to an activating group) is 1. The molecule has 0 aromatic heterocycles. The third-order valence-corrected chi connectivity index (χ3v) is 4.62. The highest BCUT2D eigenvalue weighted by Gasteiger charge is 2.13. The molecule has 1 N–H and O–H groups in total. The molecule has 0 radical (unpaired) electrons. The first kappa shape index (κ1) is 18.1. The van der Waals surface area contributed by atoms with Crippen molar-refractivity contribution in [3.05, 3.63) is 71.3 Å². The van der Waals surface area contributed by atoms with Gasteiger partial charge in [0.2, 0.25) is 0 Å². The van der Waals surface area contributed by atoms with E-state index in [2.05, 4.69) is 41.1 Å². The number of ether oxygens (including phenoxy) is 1. The fraction of sp³-hybridized carbons (Fsp3) is 0.429. The van der Waals surface area contributed by atoms with E-state index in [4.69, 9.17) is 4.74 Å². The Hall–Kier alpha value is -1.72. The van der Waals surface area contributed by atoms with Crippen LogP contribution in [0.1, 0.15) is 22.8 Å². The first-order valence-electron chi connectivity index (χ1n) is 9.00. The number of aliphatic hydroxyl groups is 1. The van der Waals surface area contributed by atoms with Crippen molar-refractivity contribution in [3.63, 3.8) is 0 Å². The van der Waals surface area contributed by atoms with Crippen LogP contribution in [0.2, 0.25) is 0 Å². The van der Waals surface area contributed by atoms with Crippen LogP contribution in [0.25, 0.3) is 0 Å². The number of benzene rings is 2. The maximum atomic E-state index is 10.4. The molecule has 2 aromatic carbocycles. The fourth-order valence-corrected chi connectivity index (χ4v) is 3.30. The molecule has 0 unspecified atom stereocenters. The Morgan fingerprint density at radius 1 is 1.04 bits per heavy atom. The largest absolute Gasteiger partial charge is 0.387 e. The van der Waals surface area contributed by atoms with E-state index in [1.807, 2.05) is 30.3 Å². The molecular formula is C21H28N2O2. The summed E-state index contributed by atoms with van der Waals surface area (Å²) in [4.78, 5) is 4.61. The molecule has 25 heavy (non-hydrogen) atoms. The Bertz CT molecular complexity index is 641. The van der Waals surface area contributed by atoms with Crippen LogP contribution < -0.4 is 0 Å². The monoisotopic (exact) mass is 340 g/mol. The van der Waals surface area contributed by atoms with Crippen molar-refractivity contribution in [2.45, 2.75) is 19.2 Å². The van der Waals surface area contributed by atoms with Crippen LogP contribution in [0.4, 0.5) is 0 Å². The van der Waals surface area contributed by atoms with Gasteiger partial charge in [-0.25, -0.2) is 0 Å². The summed E-state index contributed by atoms with van der Waals surface area (Å²) < 4.78 is 5.42. The lowest BCUT2D eigenvalue weighted by molar-refractivity contribution is 0.0342. The summed E-state index contributed by atoms with van der Waals surface area (Å²) in [7, 11) is 2.06. The highest BCUT2D eigenvalue weighted by atomic mass is 16.5. The summed E-state index contributed by atoms with van der Waals surface area (Å²) in [5.41, 5.74) is 3.60. The predicted octanol–water partition coefficient (Wildman–Crippen LogP) is 2.68. The van der Waals surface area contributed by atoms with Crippen LogP contribution in [0.5, 0.6) is 0 Å². The molecule has 0 aliphatic carbocycles. The molecule has 1 heterocycles. The Balaban J connectivity index is 1.54. The van der Waals surface area contributed by atoms with E-state index in [0.717, 1.165) is 45.0 Å². The SMILES string of the molecule is CN(Cc1cccc(CN2CCOCC2)c1)C[C@H](O)c1ccccc1. The van der Waals surface area contributed by atoms with Gasteiger partial charge in [-0.2, -0.15) is 0 Å². The number of hydrogen-bond donors (Lipinski definition) is 1. The van der Waals surface area contributed by atoms with Crippen molar-refractivity contribution in [2.24, 2.45) is 0 Å². The summed E-state index contributed by atoms with van der Waals surface area (Å²) in [6.07, 6.45) is -0.456. The van der Waals surface area contributed by atoms with Crippen LogP contribution in [-0.2, 0) is 17.8 Å². The Morgan fingerprint density at radius 2 is 1.76 bits per heavy atom. The Morgan fingerprint density at radius 3 is 2.52 bits per heavy atom. The molecule has 134 valence electrons. The highest BCUT2D eigenvalue weighted by molar-refractivity contribution is 5.24. The minimum absolute atomic E-state index is 0.456. The average molecular weight is 340 g/mol. The third kappa shape index (κ3) is 5.65. The van der Waals surface area contributed by atoms with Crippen molar-refractivity contribution in [2.75, 3.05) is 39.9 Å². The average Bonchev–Trinajstić information content (AvgIpc) is 2.63. The van der Waals surface area contributed by atoms with Gasteiger partial charge >= 0.3 is 0 Å². The highest BCUT2D eigenvalue weighted by Crippen LogP contribution is 2.16. The molecule has 0 saturated carbocycles. The van der Waals surface area contributed by atoms with Gasteiger partial charge in [0.05, 0.1) is 19.3 Å². The number of nitrogens with zero attached hydrogens (tertiary/aromatic N) is 2. The van der Waals surface area contributed by atoms with Crippen LogP contribution in [0, 0.1) is 0 Å². The molecule has 0 amide bonds. The Kier molecular flexibility index (Phi) is 6.59. The zero-order valence-electron chi connectivity index (χ0n) is 15.0. The second-order valence-electron chi connectivity index (χ2n) is 6.83.